The first kappa shape index (κ1) is 20.8. The summed E-state index contributed by atoms with van der Waals surface area (Å²) in [4.78, 5) is 11.2. The molecule has 0 aliphatic heterocycles. The predicted octanol–water partition coefficient (Wildman–Crippen LogP) is 2.92. The third-order valence-corrected chi connectivity index (χ3v) is 15.1. The van der Waals surface area contributed by atoms with Crippen LogP contribution in [0.5, 0.6) is 0 Å². The zero-order chi connectivity index (χ0) is 20.3. The summed E-state index contributed by atoms with van der Waals surface area (Å²) in [6.07, 6.45) is 0. The van der Waals surface area contributed by atoms with Gasteiger partial charge in [-0.25, -0.2) is 0 Å². The molecular weight excluding hydrogens is 403 g/mol. The lowest BCUT2D eigenvalue weighted by Crippen LogP contribution is -2.66. The number of hydrogen-bond acceptors (Lipinski definition) is 3. The Hall–Kier alpha value is -1.88. The average Bonchev–Trinajstić information content (AvgIpc) is 2.69. The summed E-state index contributed by atoms with van der Waals surface area (Å²) in [5.74, 6) is 0. The van der Waals surface area contributed by atoms with Gasteiger partial charge in [0.1, 0.15) is 0 Å². The Kier molecular flexibility index (Phi) is 6.13. The summed E-state index contributed by atoms with van der Waals surface area (Å²) in [7, 11) is -10.3. The SMILES string of the molecule is C[Si](O)(O[Si](C)(O[Si](C)(F)c1ccccc1)c1ccccc1)c1ccccc1. The minimum absolute atomic E-state index is 0.550. The van der Waals surface area contributed by atoms with E-state index in [4.69, 9.17) is 8.23 Å². The highest BCUT2D eigenvalue weighted by Crippen LogP contribution is 2.21. The summed E-state index contributed by atoms with van der Waals surface area (Å²) in [5.41, 5.74) is 0. The van der Waals surface area contributed by atoms with Crippen LogP contribution in [0.4, 0.5) is 4.11 Å². The van der Waals surface area contributed by atoms with Crippen LogP contribution in [0.2, 0.25) is 19.6 Å². The van der Waals surface area contributed by atoms with Crippen molar-refractivity contribution in [1.29, 1.82) is 0 Å². The first-order valence-electron chi connectivity index (χ1n) is 9.21. The van der Waals surface area contributed by atoms with Crippen LogP contribution in [0.3, 0.4) is 0 Å². The van der Waals surface area contributed by atoms with E-state index < -0.39 is 25.8 Å². The highest BCUT2D eigenvalue weighted by Gasteiger charge is 2.50. The Morgan fingerprint density at radius 1 is 0.607 bits per heavy atom. The normalized spacial score (nSPS) is 17.9. The minimum Gasteiger partial charge on any atom is -0.409 e. The van der Waals surface area contributed by atoms with Crippen LogP contribution in [-0.4, -0.2) is 30.6 Å². The van der Waals surface area contributed by atoms with Crippen LogP contribution in [0.1, 0.15) is 0 Å². The fraction of sp³-hybridized carbons (Fsp3) is 0.143. The van der Waals surface area contributed by atoms with Crippen LogP contribution in [0.15, 0.2) is 91.0 Å². The molecule has 3 atom stereocenters. The van der Waals surface area contributed by atoms with Gasteiger partial charge >= 0.3 is 25.8 Å². The molecule has 146 valence electrons. The lowest BCUT2D eigenvalue weighted by molar-refractivity contribution is 0.327. The molecular formula is C21H25FO3Si3. The fourth-order valence-corrected chi connectivity index (χ4v) is 14.0. The molecule has 0 amide bonds. The van der Waals surface area contributed by atoms with Crippen molar-refractivity contribution in [2.45, 2.75) is 19.6 Å². The number of rotatable bonds is 7. The smallest absolute Gasteiger partial charge is 0.404 e. The quantitative estimate of drug-likeness (QED) is 0.465. The molecule has 0 heterocycles. The summed E-state index contributed by atoms with van der Waals surface area (Å²) < 4.78 is 28.4. The van der Waals surface area contributed by atoms with Crippen molar-refractivity contribution in [3.05, 3.63) is 91.0 Å². The van der Waals surface area contributed by atoms with Crippen molar-refractivity contribution >= 4 is 41.3 Å². The molecule has 0 aromatic heterocycles. The second-order valence-corrected chi connectivity index (χ2v) is 16.2. The Morgan fingerprint density at radius 3 is 1.46 bits per heavy atom. The van der Waals surface area contributed by atoms with Gasteiger partial charge < -0.3 is 13.0 Å². The van der Waals surface area contributed by atoms with Gasteiger partial charge in [-0.15, -0.1) is 0 Å². The average molecular weight is 429 g/mol. The molecule has 0 aliphatic carbocycles. The standard InChI is InChI=1S/C21H25FO3Si3/c1-26(22,19-13-7-4-8-14-19)24-28(3,21-17-11-6-12-18-21)25-27(2,23)20-15-9-5-10-16-20/h4-18,23H,1-3H3. The Morgan fingerprint density at radius 2 is 1.00 bits per heavy atom. The van der Waals surface area contributed by atoms with E-state index >= 15 is 4.11 Å². The molecule has 0 fully saturated rings. The van der Waals surface area contributed by atoms with E-state index in [1.54, 1.807) is 30.8 Å². The van der Waals surface area contributed by atoms with Gasteiger partial charge in [0, 0.05) is 0 Å². The molecule has 0 saturated heterocycles. The maximum Gasteiger partial charge on any atom is 0.404 e. The van der Waals surface area contributed by atoms with Crippen molar-refractivity contribution in [1.82, 2.24) is 0 Å². The maximum absolute atomic E-state index is 15.8. The van der Waals surface area contributed by atoms with E-state index in [9.17, 15) is 4.80 Å². The first-order chi connectivity index (χ1) is 13.2. The second kappa shape index (κ2) is 8.24. The van der Waals surface area contributed by atoms with Crippen LogP contribution in [0, 0.1) is 0 Å². The molecule has 3 nitrogen and oxygen atoms in total. The van der Waals surface area contributed by atoms with Gasteiger partial charge in [0.15, 0.2) is 0 Å². The number of hydrogen-bond donors (Lipinski definition) is 1. The second-order valence-electron chi connectivity index (χ2n) is 7.15. The zero-order valence-corrected chi connectivity index (χ0v) is 19.3. The third-order valence-electron chi connectivity index (χ3n) is 4.68. The molecule has 1 N–H and O–H groups in total. The summed E-state index contributed by atoms with van der Waals surface area (Å²) in [6.45, 7) is 5.05. The molecule has 3 aromatic carbocycles. The predicted molar refractivity (Wildman–Crippen MR) is 119 cm³/mol. The maximum atomic E-state index is 15.8. The molecule has 0 bridgehead atoms. The van der Waals surface area contributed by atoms with E-state index in [1.807, 2.05) is 73.3 Å². The highest BCUT2D eigenvalue weighted by molar-refractivity contribution is 6.97. The molecule has 7 heteroatoms. The number of halogens is 1. The van der Waals surface area contributed by atoms with Crippen LogP contribution < -0.4 is 15.6 Å². The Labute approximate surface area is 169 Å². The number of benzene rings is 3. The van der Waals surface area contributed by atoms with Gasteiger partial charge in [0.2, 0.25) is 0 Å². The lowest BCUT2D eigenvalue weighted by atomic mass is 10.4. The van der Waals surface area contributed by atoms with Gasteiger partial charge in [-0.05, 0) is 35.2 Å². The van der Waals surface area contributed by atoms with E-state index in [0.29, 0.717) is 5.19 Å². The van der Waals surface area contributed by atoms with Crippen molar-refractivity contribution in [3.8, 4) is 0 Å². The van der Waals surface area contributed by atoms with Crippen molar-refractivity contribution in [3.63, 3.8) is 0 Å². The molecule has 3 rings (SSSR count). The van der Waals surface area contributed by atoms with Gasteiger partial charge in [-0.3, -0.25) is 4.11 Å². The van der Waals surface area contributed by atoms with Crippen LogP contribution >= 0.6 is 0 Å². The molecule has 0 radical (unpaired) electrons. The van der Waals surface area contributed by atoms with Crippen LogP contribution in [-0.2, 0) is 8.23 Å². The third kappa shape index (κ3) is 4.75. The van der Waals surface area contributed by atoms with E-state index in [0.717, 1.165) is 10.4 Å². The van der Waals surface area contributed by atoms with Gasteiger partial charge in [-0.1, -0.05) is 91.0 Å². The van der Waals surface area contributed by atoms with Crippen molar-refractivity contribution < 1.29 is 17.1 Å². The Balaban J connectivity index is 1.99. The molecule has 0 spiro atoms. The summed E-state index contributed by atoms with van der Waals surface area (Å²) in [5, 5.41) is 2.08. The topological polar surface area (TPSA) is 38.7 Å². The molecule has 3 unspecified atom stereocenters. The minimum atomic E-state index is -3.75. The van der Waals surface area contributed by atoms with E-state index in [2.05, 4.69) is 0 Å². The fourth-order valence-electron chi connectivity index (χ4n) is 3.23. The highest BCUT2D eigenvalue weighted by atomic mass is 28.5. The lowest BCUT2D eigenvalue weighted by Gasteiger charge is -2.38. The van der Waals surface area contributed by atoms with Gasteiger partial charge in [0.05, 0.1) is 0 Å². The molecule has 3 aromatic rings. The largest absolute Gasteiger partial charge is 0.409 e. The summed E-state index contributed by atoms with van der Waals surface area (Å²) in [6, 6.07) is 27.7. The molecule has 0 aliphatic rings. The van der Waals surface area contributed by atoms with Crippen molar-refractivity contribution in [2.24, 2.45) is 0 Å². The van der Waals surface area contributed by atoms with Crippen LogP contribution in [0.25, 0.3) is 0 Å². The monoisotopic (exact) mass is 428 g/mol. The molecule has 0 saturated carbocycles. The first-order valence-corrected chi connectivity index (χ1v) is 16.2. The van der Waals surface area contributed by atoms with E-state index in [1.165, 1.54) is 6.55 Å². The Bertz CT molecular complexity index is 837. The zero-order valence-electron chi connectivity index (χ0n) is 16.3. The van der Waals surface area contributed by atoms with Gasteiger partial charge in [-0.2, -0.15) is 0 Å². The van der Waals surface area contributed by atoms with E-state index in [-0.39, 0.29) is 0 Å². The summed E-state index contributed by atoms with van der Waals surface area (Å²) >= 11 is 0. The van der Waals surface area contributed by atoms with Crippen molar-refractivity contribution in [2.75, 3.05) is 0 Å². The molecule has 28 heavy (non-hydrogen) atoms. The van der Waals surface area contributed by atoms with Gasteiger partial charge in [0.25, 0.3) is 0 Å².